The van der Waals surface area contributed by atoms with Crippen LogP contribution < -0.4 is 15.0 Å². The van der Waals surface area contributed by atoms with Crippen molar-refractivity contribution in [1.29, 1.82) is 5.26 Å². The summed E-state index contributed by atoms with van der Waals surface area (Å²) in [6.07, 6.45) is 0. The minimum Gasteiger partial charge on any atom is -0.490 e. The summed E-state index contributed by atoms with van der Waals surface area (Å²) >= 11 is 2.94. The lowest BCUT2D eigenvalue weighted by atomic mass is 10.2. The highest BCUT2D eigenvalue weighted by molar-refractivity contribution is 8.19. The Bertz CT molecular complexity index is 1630. The van der Waals surface area contributed by atoms with Gasteiger partial charge in [0.05, 0.1) is 53.5 Å². The van der Waals surface area contributed by atoms with Crippen LogP contribution in [0.25, 0.3) is 0 Å². The molecule has 0 bridgehead atoms. The lowest BCUT2D eigenvalue weighted by Crippen LogP contribution is -2.38. The van der Waals surface area contributed by atoms with Crippen molar-refractivity contribution in [2.24, 2.45) is 4.99 Å². The number of aliphatic imine (C=N–C) groups is 1. The molecule has 0 radical (unpaired) electrons. The first-order chi connectivity index (χ1) is 21.6. The second-order valence-corrected chi connectivity index (χ2v) is 12.5. The van der Waals surface area contributed by atoms with Crippen molar-refractivity contribution in [2.45, 2.75) is 18.4 Å². The van der Waals surface area contributed by atoms with Gasteiger partial charge in [-0.25, -0.2) is 4.99 Å². The summed E-state index contributed by atoms with van der Waals surface area (Å²) in [6, 6.07) is 23.6. The number of amides is 1. The normalized spacial score (nSPS) is 19.4. The van der Waals surface area contributed by atoms with Crippen LogP contribution in [0.1, 0.15) is 18.1 Å². The molecule has 3 aliphatic heterocycles. The van der Waals surface area contributed by atoms with E-state index in [1.54, 1.807) is 28.8 Å². The number of thioether (sulfide) groups is 2. The summed E-state index contributed by atoms with van der Waals surface area (Å²) in [6.45, 7) is 7.87. The van der Waals surface area contributed by atoms with Gasteiger partial charge in [0.15, 0.2) is 5.17 Å². The number of amidine groups is 1. The number of hydrogen-bond acceptors (Lipinski definition) is 10. The average molecular weight is 627 g/mol. The van der Waals surface area contributed by atoms with E-state index in [1.807, 2.05) is 62.5 Å². The number of nitrogens with zero attached hydrogens (tertiary/aromatic N) is 5. The van der Waals surface area contributed by atoms with E-state index >= 15 is 0 Å². The molecule has 1 N–H and O–H groups in total. The highest BCUT2D eigenvalue weighted by Gasteiger charge is 2.40. The lowest BCUT2D eigenvalue weighted by molar-refractivity contribution is -0.122. The summed E-state index contributed by atoms with van der Waals surface area (Å²) in [5.41, 5.74) is 3.91. The highest BCUT2D eigenvalue weighted by atomic mass is 32.2. The molecule has 3 aromatic carbocycles. The molecule has 0 spiro atoms. The summed E-state index contributed by atoms with van der Waals surface area (Å²) in [5, 5.41) is 14.3. The minimum absolute atomic E-state index is 0.101. The Labute approximate surface area is 266 Å². The van der Waals surface area contributed by atoms with Gasteiger partial charge in [-0.3, -0.25) is 14.6 Å². The Balaban J connectivity index is 1.32. The number of morpholine rings is 1. The van der Waals surface area contributed by atoms with Gasteiger partial charge in [0.2, 0.25) is 0 Å². The molecule has 0 saturated carbocycles. The van der Waals surface area contributed by atoms with E-state index in [1.165, 1.54) is 11.8 Å². The molecule has 3 aromatic rings. The van der Waals surface area contributed by atoms with E-state index in [4.69, 9.17) is 14.5 Å². The Morgan fingerprint density at radius 2 is 1.89 bits per heavy atom. The van der Waals surface area contributed by atoms with Crippen LogP contribution in [0.4, 0.5) is 17.1 Å². The smallest absolute Gasteiger partial charge is 0.269 e. The van der Waals surface area contributed by atoms with Crippen molar-refractivity contribution in [1.82, 2.24) is 9.80 Å². The monoisotopic (exact) mass is 626 g/mol. The molecule has 0 aliphatic carbocycles. The molecule has 6 rings (SSSR count). The number of para-hydroxylation sites is 1. The minimum atomic E-state index is -0.101. The maximum atomic E-state index is 14.2. The molecular formula is C33H34N6O3S2. The predicted molar refractivity (Wildman–Crippen MR) is 177 cm³/mol. The molecular weight excluding hydrogens is 593 g/mol. The van der Waals surface area contributed by atoms with Gasteiger partial charge in [-0.05, 0) is 54.6 Å². The Kier molecular flexibility index (Phi) is 9.43. The third-order valence-corrected chi connectivity index (χ3v) is 9.95. The van der Waals surface area contributed by atoms with Gasteiger partial charge in [-0.15, -0.1) is 0 Å². The zero-order chi connectivity index (χ0) is 30.5. The van der Waals surface area contributed by atoms with Gasteiger partial charge in [-0.2, -0.15) is 5.26 Å². The summed E-state index contributed by atoms with van der Waals surface area (Å²) in [7, 11) is 1.99. The number of ether oxygens (including phenoxy) is 2. The van der Waals surface area contributed by atoms with Gasteiger partial charge in [0, 0.05) is 38.1 Å². The van der Waals surface area contributed by atoms with Crippen LogP contribution in [-0.4, -0.2) is 73.9 Å². The van der Waals surface area contributed by atoms with Crippen LogP contribution in [0.15, 0.2) is 86.6 Å². The molecule has 0 aromatic heterocycles. The number of rotatable bonds is 9. The topological polar surface area (TPSA) is 93.4 Å². The molecule has 2 fully saturated rings. The molecule has 9 nitrogen and oxygen atoms in total. The second kappa shape index (κ2) is 13.8. The molecule has 0 unspecified atom stereocenters. The zero-order valence-corrected chi connectivity index (χ0v) is 26.4. The highest BCUT2D eigenvalue weighted by Crippen LogP contribution is 2.53. The fourth-order valence-electron chi connectivity index (χ4n) is 5.27. The van der Waals surface area contributed by atoms with E-state index in [2.05, 4.69) is 27.3 Å². The van der Waals surface area contributed by atoms with Crippen molar-refractivity contribution in [3.05, 3.63) is 87.8 Å². The third kappa shape index (κ3) is 6.44. The first-order valence-corrected chi connectivity index (χ1v) is 16.3. The molecule has 3 heterocycles. The standard InChI is InChI=1S/C33H34N6O3S2/c1-3-35-25-13-12-24(21-34)20-26(25)36-33-39(22-23-8-5-4-6-9-23)31(40)30(44-33)32-37(2)29-27(10-7-11-28(29)43-32)42-19-16-38-14-17-41-18-15-38/h4-13,20,35H,3,14-19,22H2,1-2H3/b32-30-,36-33?. The van der Waals surface area contributed by atoms with Crippen molar-refractivity contribution in [3.8, 4) is 11.8 Å². The van der Waals surface area contributed by atoms with E-state index in [9.17, 15) is 10.1 Å². The van der Waals surface area contributed by atoms with E-state index < -0.39 is 0 Å². The molecule has 0 atom stereocenters. The second-order valence-electron chi connectivity index (χ2n) is 10.4. The number of hydrogen-bond donors (Lipinski definition) is 1. The van der Waals surface area contributed by atoms with Gasteiger partial charge in [-0.1, -0.05) is 48.2 Å². The molecule has 3 aliphatic rings. The maximum absolute atomic E-state index is 14.2. The van der Waals surface area contributed by atoms with Crippen LogP contribution in [0.2, 0.25) is 0 Å². The lowest BCUT2D eigenvalue weighted by Gasteiger charge is -2.26. The summed E-state index contributed by atoms with van der Waals surface area (Å²) in [5.74, 6) is 0.700. The van der Waals surface area contributed by atoms with Crippen LogP contribution >= 0.6 is 23.5 Å². The van der Waals surface area contributed by atoms with Crippen molar-refractivity contribution in [2.75, 3.05) is 63.3 Å². The fraction of sp³-hybridized carbons (Fsp3) is 0.303. The largest absolute Gasteiger partial charge is 0.490 e. The SMILES string of the molecule is CCNc1ccc(C#N)cc1N=C1S/C(=C2\Sc3cccc(OCCN4CCOCC4)c3N2C)C(=O)N1Cc1ccccc1. The molecule has 2 saturated heterocycles. The summed E-state index contributed by atoms with van der Waals surface area (Å²) < 4.78 is 11.8. The number of fused-ring (bicyclic) bond motifs is 1. The average Bonchev–Trinajstić information content (AvgIpc) is 3.54. The van der Waals surface area contributed by atoms with E-state index in [0.29, 0.717) is 41.0 Å². The number of anilines is 2. The first-order valence-electron chi connectivity index (χ1n) is 14.7. The van der Waals surface area contributed by atoms with Gasteiger partial charge in [0.1, 0.15) is 17.3 Å². The van der Waals surface area contributed by atoms with Crippen LogP contribution in [0.3, 0.4) is 0 Å². The number of carbonyl (C=O) groups is 1. The van der Waals surface area contributed by atoms with Crippen LogP contribution in [0, 0.1) is 11.3 Å². The summed E-state index contributed by atoms with van der Waals surface area (Å²) in [4.78, 5) is 27.0. The molecule has 226 valence electrons. The van der Waals surface area contributed by atoms with Gasteiger partial charge < -0.3 is 19.7 Å². The number of nitriles is 1. The van der Waals surface area contributed by atoms with Gasteiger partial charge >= 0.3 is 0 Å². The van der Waals surface area contributed by atoms with Crippen molar-refractivity contribution in [3.63, 3.8) is 0 Å². The Hall–Kier alpha value is -3.95. The van der Waals surface area contributed by atoms with Crippen molar-refractivity contribution >= 4 is 51.7 Å². The zero-order valence-electron chi connectivity index (χ0n) is 24.8. The Morgan fingerprint density at radius 1 is 1.07 bits per heavy atom. The quantitative estimate of drug-likeness (QED) is 0.293. The Morgan fingerprint density at radius 3 is 2.66 bits per heavy atom. The fourth-order valence-corrected chi connectivity index (χ4v) is 7.63. The molecule has 11 heteroatoms. The van der Waals surface area contributed by atoms with Gasteiger partial charge in [0.25, 0.3) is 5.91 Å². The van der Waals surface area contributed by atoms with E-state index in [-0.39, 0.29) is 5.91 Å². The first kappa shape index (κ1) is 30.1. The number of nitrogens with one attached hydrogen (secondary N) is 1. The van der Waals surface area contributed by atoms with Crippen LogP contribution in [-0.2, 0) is 16.1 Å². The third-order valence-electron chi connectivity index (χ3n) is 7.53. The number of carbonyl (C=O) groups excluding carboxylic acids is 1. The predicted octanol–water partition coefficient (Wildman–Crippen LogP) is 5.88. The van der Waals surface area contributed by atoms with Crippen molar-refractivity contribution < 1.29 is 14.3 Å². The molecule has 1 amide bonds. The van der Waals surface area contributed by atoms with Crippen LogP contribution in [0.5, 0.6) is 5.75 Å². The van der Waals surface area contributed by atoms with E-state index in [0.717, 1.165) is 65.5 Å². The maximum Gasteiger partial charge on any atom is 0.269 e. The number of benzene rings is 3. The molecule has 44 heavy (non-hydrogen) atoms.